The maximum Gasteiger partial charge on any atom is 0.313 e. The molecule has 0 spiro atoms. The Balaban J connectivity index is 1.79. The lowest BCUT2D eigenvalue weighted by atomic mass is 10.1. The Bertz CT molecular complexity index is 768. The van der Waals surface area contributed by atoms with Crippen LogP contribution in [0.5, 0.6) is 11.5 Å². The molecule has 0 aromatic heterocycles. The van der Waals surface area contributed by atoms with Crippen LogP contribution in [0.25, 0.3) is 0 Å². The summed E-state index contributed by atoms with van der Waals surface area (Å²) < 4.78 is 10.5. The number of rotatable bonds is 6. The molecule has 26 heavy (non-hydrogen) atoms. The maximum atomic E-state index is 12.0. The largest absolute Gasteiger partial charge is 0.497 e. The molecule has 7 heteroatoms. The predicted octanol–water partition coefficient (Wildman–Crippen LogP) is 3.10. The topological polar surface area (TPSA) is 76.7 Å². The summed E-state index contributed by atoms with van der Waals surface area (Å²) in [5.41, 5.74) is 2.21. The third-order valence-corrected chi connectivity index (χ3v) is 3.89. The molecule has 2 aromatic rings. The van der Waals surface area contributed by atoms with E-state index >= 15 is 0 Å². The molecular weight excluding hydrogens is 356 g/mol. The van der Waals surface area contributed by atoms with Gasteiger partial charge in [-0.2, -0.15) is 0 Å². The first kappa shape index (κ1) is 19.6. The second-order valence-corrected chi connectivity index (χ2v) is 6.08. The fourth-order valence-electron chi connectivity index (χ4n) is 2.33. The minimum atomic E-state index is -0.775. The lowest BCUT2D eigenvalue weighted by Gasteiger charge is -2.12. The molecule has 6 nitrogen and oxygen atoms in total. The Morgan fingerprint density at radius 2 is 1.69 bits per heavy atom. The number of carbonyl (C=O) groups excluding carboxylic acids is 2. The number of nitrogens with one attached hydrogen (secondary N) is 2. The molecule has 0 heterocycles. The van der Waals surface area contributed by atoms with E-state index in [1.54, 1.807) is 37.4 Å². The van der Waals surface area contributed by atoms with Crippen LogP contribution in [-0.2, 0) is 9.59 Å². The number of hydrogen-bond donors (Lipinski definition) is 2. The molecule has 0 unspecified atom stereocenters. The molecule has 2 rings (SSSR count). The van der Waals surface area contributed by atoms with E-state index in [4.69, 9.17) is 21.1 Å². The van der Waals surface area contributed by atoms with Gasteiger partial charge in [-0.3, -0.25) is 9.59 Å². The molecule has 0 saturated heterocycles. The summed E-state index contributed by atoms with van der Waals surface area (Å²) in [6.45, 7) is 4.14. The SMILES string of the molecule is COc1ccc(OCCNC(=O)C(=O)Nc2c(C)cc(C)cc2Cl)cc1. The highest BCUT2D eigenvalue weighted by atomic mass is 35.5. The second kappa shape index (κ2) is 9.10. The fourth-order valence-corrected chi connectivity index (χ4v) is 2.70. The van der Waals surface area contributed by atoms with E-state index in [2.05, 4.69) is 10.6 Å². The van der Waals surface area contributed by atoms with Gasteiger partial charge in [-0.1, -0.05) is 17.7 Å². The van der Waals surface area contributed by atoms with Gasteiger partial charge >= 0.3 is 11.8 Å². The van der Waals surface area contributed by atoms with Crippen LogP contribution in [0, 0.1) is 13.8 Å². The van der Waals surface area contributed by atoms with E-state index in [9.17, 15) is 9.59 Å². The van der Waals surface area contributed by atoms with Gasteiger partial charge in [0.25, 0.3) is 0 Å². The first-order valence-electron chi connectivity index (χ1n) is 8.03. The van der Waals surface area contributed by atoms with Crippen molar-refractivity contribution >= 4 is 29.1 Å². The van der Waals surface area contributed by atoms with E-state index in [0.717, 1.165) is 16.9 Å². The number of methoxy groups -OCH3 is 1. The van der Waals surface area contributed by atoms with E-state index in [-0.39, 0.29) is 13.2 Å². The number of carbonyl (C=O) groups is 2. The van der Waals surface area contributed by atoms with E-state index in [0.29, 0.717) is 16.5 Å². The fraction of sp³-hybridized carbons (Fsp3) is 0.263. The van der Waals surface area contributed by atoms with Crippen LogP contribution in [0.2, 0.25) is 5.02 Å². The highest BCUT2D eigenvalue weighted by Crippen LogP contribution is 2.27. The van der Waals surface area contributed by atoms with Crippen molar-refractivity contribution in [2.75, 3.05) is 25.6 Å². The maximum absolute atomic E-state index is 12.0. The molecule has 2 amide bonds. The molecule has 2 aromatic carbocycles. The monoisotopic (exact) mass is 376 g/mol. The van der Waals surface area contributed by atoms with Crippen molar-refractivity contribution in [1.29, 1.82) is 0 Å². The van der Waals surface area contributed by atoms with Gasteiger partial charge < -0.3 is 20.1 Å². The van der Waals surface area contributed by atoms with Gasteiger partial charge in [0.05, 0.1) is 24.4 Å². The molecular formula is C19H21ClN2O4. The Labute approximate surface area is 157 Å². The number of ether oxygens (including phenoxy) is 2. The lowest BCUT2D eigenvalue weighted by Crippen LogP contribution is -2.37. The van der Waals surface area contributed by atoms with Crippen LogP contribution in [0.3, 0.4) is 0 Å². The summed E-state index contributed by atoms with van der Waals surface area (Å²) in [5.74, 6) is -0.151. The third-order valence-electron chi connectivity index (χ3n) is 3.59. The van der Waals surface area contributed by atoms with Crippen molar-refractivity contribution in [3.05, 3.63) is 52.5 Å². The van der Waals surface area contributed by atoms with Gasteiger partial charge in [-0.25, -0.2) is 0 Å². The van der Waals surface area contributed by atoms with Crippen LogP contribution < -0.4 is 20.1 Å². The van der Waals surface area contributed by atoms with E-state index in [1.165, 1.54) is 0 Å². The Morgan fingerprint density at radius 1 is 1.04 bits per heavy atom. The molecule has 0 atom stereocenters. The normalized spacial score (nSPS) is 10.2. The van der Waals surface area contributed by atoms with Crippen LogP contribution >= 0.6 is 11.6 Å². The van der Waals surface area contributed by atoms with Crippen molar-refractivity contribution in [3.63, 3.8) is 0 Å². The number of benzene rings is 2. The van der Waals surface area contributed by atoms with Crippen molar-refractivity contribution in [1.82, 2.24) is 5.32 Å². The Morgan fingerprint density at radius 3 is 2.31 bits per heavy atom. The average molecular weight is 377 g/mol. The van der Waals surface area contributed by atoms with E-state index in [1.807, 2.05) is 19.9 Å². The summed E-state index contributed by atoms with van der Waals surface area (Å²) in [6.07, 6.45) is 0. The average Bonchev–Trinajstić information content (AvgIpc) is 2.61. The minimum Gasteiger partial charge on any atom is -0.497 e. The number of amides is 2. The van der Waals surface area contributed by atoms with Gasteiger partial charge in [0.15, 0.2) is 0 Å². The predicted molar refractivity (Wildman–Crippen MR) is 101 cm³/mol. The van der Waals surface area contributed by atoms with Crippen molar-refractivity contribution in [2.45, 2.75) is 13.8 Å². The number of halogens is 1. The molecule has 0 aliphatic rings. The molecule has 0 bridgehead atoms. The van der Waals surface area contributed by atoms with Crippen LogP contribution in [0.15, 0.2) is 36.4 Å². The van der Waals surface area contributed by atoms with Gasteiger partial charge in [-0.05, 0) is 55.3 Å². The Hall–Kier alpha value is -2.73. The second-order valence-electron chi connectivity index (χ2n) is 5.67. The van der Waals surface area contributed by atoms with E-state index < -0.39 is 11.8 Å². The molecule has 0 fully saturated rings. The zero-order chi connectivity index (χ0) is 19.1. The number of aryl methyl sites for hydroxylation is 2. The number of anilines is 1. The molecule has 0 aliphatic heterocycles. The van der Waals surface area contributed by atoms with Crippen molar-refractivity contribution < 1.29 is 19.1 Å². The molecule has 138 valence electrons. The summed E-state index contributed by atoms with van der Waals surface area (Å²) in [4.78, 5) is 23.9. The summed E-state index contributed by atoms with van der Waals surface area (Å²) in [5, 5.41) is 5.44. The third kappa shape index (κ3) is 5.39. The van der Waals surface area contributed by atoms with Gasteiger partial charge in [0, 0.05) is 0 Å². The Kier molecular flexibility index (Phi) is 6.86. The highest BCUT2D eigenvalue weighted by Gasteiger charge is 2.16. The summed E-state index contributed by atoms with van der Waals surface area (Å²) in [7, 11) is 1.59. The molecule has 2 N–H and O–H groups in total. The smallest absolute Gasteiger partial charge is 0.313 e. The van der Waals surface area contributed by atoms with Crippen molar-refractivity contribution in [2.24, 2.45) is 0 Å². The van der Waals surface area contributed by atoms with Gasteiger partial charge in [-0.15, -0.1) is 0 Å². The summed E-state index contributed by atoms with van der Waals surface area (Å²) in [6, 6.07) is 10.7. The number of hydrogen-bond acceptors (Lipinski definition) is 4. The zero-order valence-electron chi connectivity index (χ0n) is 14.9. The zero-order valence-corrected chi connectivity index (χ0v) is 15.6. The van der Waals surface area contributed by atoms with Gasteiger partial charge in [0.2, 0.25) is 0 Å². The van der Waals surface area contributed by atoms with Crippen LogP contribution in [-0.4, -0.2) is 32.1 Å². The van der Waals surface area contributed by atoms with Gasteiger partial charge in [0.1, 0.15) is 18.1 Å². The quantitative estimate of drug-likeness (QED) is 0.600. The molecule has 0 saturated carbocycles. The highest BCUT2D eigenvalue weighted by molar-refractivity contribution is 6.41. The standard InChI is InChI=1S/C19H21ClN2O4/c1-12-10-13(2)17(16(20)11-12)22-19(24)18(23)21-8-9-26-15-6-4-14(25-3)5-7-15/h4-7,10-11H,8-9H2,1-3H3,(H,21,23)(H,22,24). The molecule has 0 aliphatic carbocycles. The van der Waals surface area contributed by atoms with Crippen LogP contribution in [0.1, 0.15) is 11.1 Å². The minimum absolute atomic E-state index is 0.193. The lowest BCUT2D eigenvalue weighted by molar-refractivity contribution is -0.136. The first-order valence-corrected chi connectivity index (χ1v) is 8.41. The molecule has 0 radical (unpaired) electrons. The van der Waals surface area contributed by atoms with Crippen molar-refractivity contribution in [3.8, 4) is 11.5 Å². The van der Waals surface area contributed by atoms with Crippen LogP contribution in [0.4, 0.5) is 5.69 Å². The summed E-state index contributed by atoms with van der Waals surface area (Å²) >= 11 is 6.12. The first-order chi connectivity index (χ1) is 12.4.